The minimum atomic E-state index is -1.82. The van der Waals surface area contributed by atoms with E-state index in [-0.39, 0.29) is 0 Å². The first-order chi connectivity index (χ1) is 9.41. The molecule has 110 valence electrons. The molecule has 1 aliphatic heterocycles. The van der Waals surface area contributed by atoms with E-state index in [0.29, 0.717) is 5.41 Å². The number of nitrogens with zero attached hydrogens (tertiary/aromatic N) is 1. The van der Waals surface area contributed by atoms with Gasteiger partial charge in [0.05, 0.1) is 0 Å². The lowest BCUT2D eigenvalue weighted by Gasteiger charge is -2.26. The summed E-state index contributed by atoms with van der Waals surface area (Å²) in [6.45, 7) is 6.28. The van der Waals surface area contributed by atoms with E-state index in [4.69, 9.17) is 19.8 Å². The molecule has 2 N–H and O–H groups in total. The van der Waals surface area contributed by atoms with Gasteiger partial charge in [-0.25, -0.2) is 9.59 Å². The Balaban J connectivity index is 0.000000286. The summed E-state index contributed by atoms with van der Waals surface area (Å²) in [6, 6.07) is 4.43. The van der Waals surface area contributed by atoms with Crippen LogP contribution in [0.15, 0.2) is 30.2 Å². The highest BCUT2D eigenvalue weighted by Gasteiger charge is 2.37. The van der Waals surface area contributed by atoms with Crippen LogP contribution in [0.2, 0.25) is 0 Å². The normalized spacial score (nSPS) is 21.9. The number of hydrogen-bond acceptors (Lipinski definition) is 4. The van der Waals surface area contributed by atoms with Crippen molar-refractivity contribution in [3.63, 3.8) is 0 Å². The van der Waals surface area contributed by atoms with E-state index in [0.717, 1.165) is 6.42 Å². The summed E-state index contributed by atoms with van der Waals surface area (Å²) in [5.74, 6) is -3.65. The molecule has 1 atom stereocenters. The Morgan fingerprint density at radius 1 is 1.50 bits per heavy atom. The third-order valence-corrected chi connectivity index (χ3v) is 4.42. The summed E-state index contributed by atoms with van der Waals surface area (Å²) < 4.78 is 0. The summed E-state index contributed by atoms with van der Waals surface area (Å²) >= 11 is 1.89. The van der Waals surface area contributed by atoms with Gasteiger partial charge in [0.1, 0.15) is 0 Å². The predicted octanol–water partition coefficient (Wildman–Crippen LogP) is 2.05. The minimum absolute atomic E-state index is 0.366. The molecule has 1 aliphatic rings. The molecule has 1 saturated heterocycles. The van der Waals surface area contributed by atoms with Crippen LogP contribution >= 0.6 is 11.3 Å². The molecule has 1 aromatic heterocycles. The van der Waals surface area contributed by atoms with E-state index in [2.05, 4.69) is 42.1 Å². The number of hydrogen-bond donors (Lipinski definition) is 2. The summed E-state index contributed by atoms with van der Waals surface area (Å²) in [7, 11) is 2.21. The second-order valence-electron chi connectivity index (χ2n) is 4.85. The Labute approximate surface area is 122 Å². The third kappa shape index (κ3) is 4.18. The smallest absolute Gasteiger partial charge is 0.414 e. The quantitative estimate of drug-likeness (QED) is 0.659. The zero-order valence-corrected chi connectivity index (χ0v) is 12.2. The molecule has 0 bridgehead atoms. The number of thiophene rings is 1. The van der Waals surface area contributed by atoms with Crippen molar-refractivity contribution >= 4 is 23.3 Å². The number of carboxylic acid groups (broad SMARTS) is 2. The molecule has 0 spiro atoms. The van der Waals surface area contributed by atoms with Crippen LogP contribution in [0, 0.1) is 0 Å². The lowest BCUT2D eigenvalue weighted by Crippen LogP contribution is -2.28. The summed E-state index contributed by atoms with van der Waals surface area (Å²) in [6.07, 6.45) is 4.45. The fraction of sp³-hybridized carbons (Fsp3) is 0.429. The monoisotopic (exact) mass is 297 g/mol. The average Bonchev–Trinajstić information content (AvgIpc) is 3.01. The van der Waals surface area contributed by atoms with Crippen molar-refractivity contribution < 1.29 is 19.8 Å². The van der Waals surface area contributed by atoms with E-state index in [1.54, 1.807) is 0 Å². The molecule has 1 aromatic rings. The fourth-order valence-electron chi connectivity index (χ4n) is 2.40. The van der Waals surface area contributed by atoms with Crippen LogP contribution in [0.25, 0.3) is 0 Å². The third-order valence-electron chi connectivity index (χ3n) is 3.31. The van der Waals surface area contributed by atoms with E-state index < -0.39 is 11.9 Å². The second kappa shape index (κ2) is 7.21. The molecule has 1 unspecified atom stereocenters. The maximum Gasteiger partial charge on any atom is 0.414 e. The van der Waals surface area contributed by atoms with E-state index >= 15 is 0 Å². The molecule has 0 radical (unpaired) electrons. The van der Waals surface area contributed by atoms with Gasteiger partial charge in [-0.15, -0.1) is 17.9 Å². The predicted molar refractivity (Wildman–Crippen MR) is 78.2 cm³/mol. The Hall–Kier alpha value is -1.66. The first-order valence-electron chi connectivity index (χ1n) is 6.21. The van der Waals surface area contributed by atoms with Gasteiger partial charge in [-0.05, 0) is 37.9 Å². The van der Waals surface area contributed by atoms with Gasteiger partial charge in [0, 0.05) is 16.8 Å². The van der Waals surface area contributed by atoms with Crippen LogP contribution in [0.5, 0.6) is 0 Å². The van der Waals surface area contributed by atoms with Gasteiger partial charge in [0.15, 0.2) is 0 Å². The molecule has 1 fully saturated rings. The van der Waals surface area contributed by atoms with Crippen LogP contribution in [0.4, 0.5) is 0 Å². The van der Waals surface area contributed by atoms with Crippen molar-refractivity contribution in [2.75, 3.05) is 20.1 Å². The van der Waals surface area contributed by atoms with Gasteiger partial charge >= 0.3 is 11.9 Å². The standard InChI is InChI=1S/C12H17NS.C2H2O4/c1-3-6-12(7-8-13(2)10-12)11-5-4-9-14-11;3-1(4)2(5)6/h3-5,9H,1,6-8,10H2,2H3;(H,3,4)(H,5,6). The first kappa shape index (κ1) is 16.4. The van der Waals surface area contributed by atoms with Gasteiger partial charge in [0.25, 0.3) is 0 Å². The van der Waals surface area contributed by atoms with Crippen molar-refractivity contribution in [1.29, 1.82) is 0 Å². The summed E-state index contributed by atoms with van der Waals surface area (Å²) in [4.78, 5) is 22.1. The number of allylic oxidation sites excluding steroid dienone is 1. The zero-order chi connectivity index (χ0) is 15.2. The first-order valence-corrected chi connectivity index (χ1v) is 7.09. The fourth-order valence-corrected chi connectivity index (χ4v) is 3.37. The van der Waals surface area contributed by atoms with Crippen molar-refractivity contribution in [3.05, 3.63) is 35.0 Å². The number of carboxylic acids is 2. The molecule has 0 aliphatic carbocycles. The molecule has 0 amide bonds. The molecule has 2 heterocycles. The maximum absolute atomic E-state index is 9.10. The van der Waals surface area contributed by atoms with Crippen LogP contribution in [-0.4, -0.2) is 47.2 Å². The molecule has 0 aromatic carbocycles. The maximum atomic E-state index is 9.10. The lowest BCUT2D eigenvalue weighted by molar-refractivity contribution is -0.159. The molecule has 5 nitrogen and oxygen atoms in total. The molecule has 2 rings (SSSR count). The average molecular weight is 297 g/mol. The van der Waals surface area contributed by atoms with Crippen LogP contribution in [0.1, 0.15) is 17.7 Å². The number of carbonyl (C=O) groups is 2. The van der Waals surface area contributed by atoms with Crippen molar-refractivity contribution in [2.45, 2.75) is 18.3 Å². The SMILES string of the molecule is C=CCC1(c2cccs2)CCN(C)C1.O=C(O)C(=O)O. The second-order valence-corrected chi connectivity index (χ2v) is 5.80. The number of likely N-dealkylation sites (tertiary alicyclic amines) is 1. The highest BCUT2D eigenvalue weighted by molar-refractivity contribution is 7.10. The highest BCUT2D eigenvalue weighted by atomic mass is 32.1. The summed E-state index contributed by atoms with van der Waals surface area (Å²) in [5.41, 5.74) is 0.366. The number of aliphatic carboxylic acids is 2. The van der Waals surface area contributed by atoms with Crippen LogP contribution in [0.3, 0.4) is 0 Å². The molecule has 0 saturated carbocycles. The molecular formula is C14H19NO4S. The molecule has 6 heteroatoms. The van der Waals surface area contributed by atoms with Gasteiger partial charge in [-0.2, -0.15) is 0 Å². The van der Waals surface area contributed by atoms with Crippen LogP contribution < -0.4 is 0 Å². The Morgan fingerprint density at radius 2 is 2.15 bits per heavy atom. The lowest BCUT2D eigenvalue weighted by atomic mass is 9.82. The Bertz CT molecular complexity index is 460. The Morgan fingerprint density at radius 3 is 2.50 bits per heavy atom. The van der Waals surface area contributed by atoms with Crippen molar-refractivity contribution in [1.82, 2.24) is 4.90 Å². The largest absolute Gasteiger partial charge is 0.473 e. The topological polar surface area (TPSA) is 77.8 Å². The number of likely N-dealkylation sites (N-methyl/N-ethyl adjacent to an activating group) is 1. The van der Waals surface area contributed by atoms with E-state index in [1.165, 1.54) is 24.4 Å². The van der Waals surface area contributed by atoms with Crippen molar-refractivity contribution in [3.8, 4) is 0 Å². The van der Waals surface area contributed by atoms with Crippen LogP contribution in [-0.2, 0) is 15.0 Å². The molecular weight excluding hydrogens is 278 g/mol. The number of rotatable bonds is 3. The van der Waals surface area contributed by atoms with Gasteiger partial charge in [-0.1, -0.05) is 12.1 Å². The summed E-state index contributed by atoms with van der Waals surface area (Å²) in [5, 5.41) is 17.0. The van der Waals surface area contributed by atoms with Gasteiger partial charge < -0.3 is 15.1 Å². The van der Waals surface area contributed by atoms with Gasteiger partial charge in [-0.3, -0.25) is 0 Å². The minimum Gasteiger partial charge on any atom is -0.473 e. The van der Waals surface area contributed by atoms with E-state index in [9.17, 15) is 0 Å². The Kier molecular flexibility index (Phi) is 5.91. The molecule has 20 heavy (non-hydrogen) atoms. The zero-order valence-electron chi connectivity index (χ0n) is 11.4. The van der Waals surface area contributed by atoms with Crippen molar-refractivity contribution in [2.24, 2.45) is 0 Å². The van der Waals surface area contributed by atoms with E-state index in [1.807, 2.05) is 11.3 Å². The van der Waals surface area contributed by atoms with Gasteiger partial charge in [0.2, 0.25) is 0 Å². The highest BCUT2D eigenvalue weighted by Crippen LogP contribution is 2.39.